The lowest BCUT2D eigenvalue weighted by molar-refractivity contribution is 0.549. The maximum absolute atomic E-state index is 2.45. The Hall–Kier alpha value is -0.520. The second-order valence-electron chi connectivity index (χ2n) is 3.87. The smallest absolute Gasteiger partial charge is 0.0233 e. The molecule has 0 nitrogen and oxygen atoms in total. The van der Waals surface area contributed by atoms with Gasteiger partial charge in [-0.1, -0.05) is 23.3 Å². The summed E-state index contributed by atoms with van der Waals surface area (Å²) in [6, 6.07) is 0. The van der Waals surface area contributed by atoms with Gasteiger partial charge in [0.1, 0.15) is 0 Å². The van der Waals surface area contributed by atoms with Gasteiger partial charge >= 0.3 is 0 Å². The van der Waals surface area contributed by atoms with Gasteiger partial charge in [-0.05, 0) is 24.7 Å². The van der Waals surface area contributed by atoms with Gasteiger partial charge in [0, 0.05) is 5.41 Å². The highest BCUT2D eigenvalue weighted by Gasteiger charge is 2.76. The number of fused-ring (bicyclic) bond motifs is 3. The summed E-state index contributed by atoms with van der Waals surface area (Å²) in [5.74, 6) is 1.91. The second-order valence-corrected chi connectivity index (χ2v) is 3.87. The van der Waals surface area contributed by atoms with E-state index in [0.717, 1.165) is 17.3 Å². The molecule has 0 N–H and O–H groups in total. The Morgan fingerprint density at radius 1 is 1.44 bits per heavy atom. The van der Waals surface area contributed by atoms with E-state index < -0.39 is 0 Å². The van der Waals surface area contributed by atoms with Crippen LogP contribution in [0.2, 0.25) is 0 Å². The molecule has 9 heavy (non-hydrogen) atoms. The van der Waals surface area contributed by atoms with Gasteiger partial charge in [-0.25, -0.2) is 0 Å². The molecule has 4 aliphatic carbocycles. The van der Waals surface area contributed by atoms with E-state index in [1.165, 1.54) is 12.8 Å². The summed E-state index contributed by atoms with van der Waals surface area (Å²) in [6.07, 6.45) is 7.82. The van der Waals surface area contributed by atoms with E-state index in [4.69, 9.17) is 0 Å². The lowest BCUT2D eigenvalue weighted by atomic mass is 9.96. The van der Waals surface area contributed by atoms with Crippen LogP contribution < -0.4 is 0 Å². The summed E-state index contributed by atoms with van der Waals surface area (Å²) in [7, 11) is 0. The SMILES string of the molecule is C1=CC2CC1C1=C3CC312. The van der Waals surface area contributed by atoms with Crippen molar-refractivity contribution in [3.05, 3.63) is 23.3 Å². The normalized spacial score (nSPS) is 62.2. The first kappa shape index (κ1) is 3.60. The Morgan fingerprint density at radius 3 is 3.00 bits per heavy atom. The zero-order valence-corrected chi connectivity index (χ0v) is 5.22. The van der Waals surface area contributed by atoms with Crippen molar-refractivity contribution in [2.24, 2.45) is 17.3 Å². The summed E-state index contributed by atoms with van der Waals surface area (Å²) in [5.41, 5.74) is 4.52. The predicted molar refractivity (Wildman–Crippen MR) is 34.8 cm³/mol. The van der Waals surface area contributed by atoms with Crippen LogP contribution in [0.1, 0.15) is 12.8 Å². The molecule has 0 heterocycles. The minimum absolute atomic E-state index is 0.791. The summed E-state index contributed by atoms with van der Waals surface area (Å²) >= 11 is 0. The summed E-state index contributed by atoms with van der Waals surface area (Å²) < 4.78 is 0. The van der Waals surface area contributed by atoms with Gasteiger partial charge in [-0.3, -0.25) is 0 Å². The standard InChI is InChI=1S/C9H8/c1-2-6-3-5(1)8-7-4-9(6,7)8/h1-2,5-6H,3-4H2. The van der Waals surface area contributed by atoms with Crippen molar-refractivity contribution in [2.45, 2.75) is 12.8 Å². The van der Waals surface area contributed by atoms with Gasteiger partial charge < -0.3 is 0 Å². The van der Waals surface area contributed by atoms with Crippen LogP contribution in [-0.4, -0.2) is 0 Å². The van der Waals surface area contributed by atoms with Gasteiger partial charge in [0.25, 0.3) is 0 Å². The highest BCUT2D eigenvalue weighted by Crippen LogP contribution is 2.86. The van der Waals surface area contributed by atoms with Crippen LogP contribution in [0.15, 0.2) is 23.3 Å². The molecule has 0 amide bonds. The van der Waals surface area contributed by atoms with Crippen LogP contribution in [0.4, 0.5) is 0 Å². The molecular formula is C9H8. The van der Waals surface area contributed by atoms with E-state index in [1.54, 1.807) is 0 Å². The van der Waals surface area contributed by atoms with Crippen LogP contribution in [0.3, 0.4) is 0 Å². The first-order valence-corrected chi connectivity index (χ1v) is 3.85. The Balaban J connectivity index is 2.10. The van der Waals surface area contributed by atoms with Crippen molar-refractivity contribution in [3.63, 3.8) is 0 Å². The van der Waals surface area contributed by atoms with Gasteiger partial charge in [0.05, 0.1) is 0 Å². The van der Waals surface area contributed by atoms with Crippen molar-refractivity contribution in [3.8, 4) is 0 Å². The van der Waals surface area contributed by atoms with E-state index >= 15 is 0 Å². The number of hydrogen-bond donors (Lipinski definition) is 0. The molecule has 0 aromatic carbocycles. The maximum Gasteiger partial charge on any atom is 0.0233 e. The van der Waals surface area contributed by atoms with Gasteiger partial charge in [-0.2, -0.15) is 0 Å². The Bertz CT molecular complexity index is 282. The summed E-state index contributed by atoms with van der Waals surface area (Å²) in [6.45, 7) is 0. The highest BCUT2D eigenvalue weighted by molar-refractivity contribution is 5.72. The lowest BCUT2D eigenvalue weighted by Crippen LogP contribution is -1.99. The van der Waals surface area contributed by atoms with Crippen molar-refractivity contribution in [1.82, 2.24) is 0 Å². The third-order valence-electron chi connectivity index (χ3n) is 3.70. The molecule has 0 aromatic heterocycles. The van der Waals surface area contributed by atoms with E-state index in [-0.39, 0.29) is 0 Å². The van der Waals surface area contributed by atoms with Crippen LogP contribution in [0, 0.1) is 17.3 Å². The molecule has 0 aliphatic heterocycles. The molecule has 2 bridgehead atoms. The predicted octanol–water partition coefficient (Wildman–Crippen LogP) is 1.89. The number of allylic oxidation sites excluding steroid dienone is 4. The maximum atomic E-state index is 2.45. The molecule has 2 fully saturated rings. The van der Waals surface area contributed by atoms with Gasteiger partial charge in [0.15, 0.2) is 0 Å². The fourth-order valence-electron chi connectivity index (χ4n) is 3.12. The molecular weight excluding hydrogens is 108 g/mol. The molecule has 3 unspecified atom stereocenters. The van der Waals surface area contributed by atoms with E-state index in [1.807, 2.05) is 11.1 Å². The Labute approximate surface area is 54.3 Å². The van der Waals surface area contributed by atoms with Crippen LogP contribution in [0.25, 0.3) is 0 Å². The molecule has 44 valence electrons. The summed E-state index contributed by atoms with van der Waals surface area (Å²) in [5, 5.41) is 0. The molecule has 4 aliphatic rings. The average molecular weight is 116 g/mol. The van der Waals surface area contributed by atoms with Gasteiger partial charge in [-0.15, -0.1) is 0 Å². The fraction of sp³-hybridized carbons (Fsp3) is 0.556. The van der Waals surface area contributed by atoms with Crippen LogP contribution in [0.5, 0.6) is 0 Å². The second kappa shape index (κ2) is 0.681. The Kier molecular flexibility index (Phi) is 0.272. The minimum Gasteiger partial charge on any atom is -0.0836 e. The average Bonchev–Trinajstić information content (AvgIpc) is 2.59. The molecule has 0 saturated heterocycles. The summed E-state index contributed by atoms with van der Waals surface area (Å²) in [4.78, 5) is 0. The molecule has 3 atom stereocenters. The molecule has 2 saturated carbocycles. The largest absolute Gasteiger partial charge is 0.0836 e. The highest BCUT2D eigenvalue weighted by atomic mass is 14.8. The zero-order valence-electron chi connectivity index (χ0n) is 5.22. The van der Waals surface area contributed by atoms with E-state index in [0.29, 0.717) is 0 Å². The fourth-order valence-corrected chi connectivity index (χ4v) is 3.12. The van der Waals surface area contributed by atoms with Crippen molar-refractivity contribution in [1.29, 1.82) is 0 Å². The van der Waals surface area contributed by atoms with E-state index in [2.05, 4.69) is 12.2 Å². The van der Waals surface area contributed by atoms with Crippen LogP contribution >= 0.6 is 0 Å². The lowest BCUT2D eigenvalue weighted by Gasteiger charge is -2.07. The third kappa shape index (κ3) is 0.178. The monoisotopic (exact) mass is 116 g/mol. The number of rotatable bonds is 0. The Morgan fingerprint density at radius 2 is 2.44 bits per heavy atom. The molecule has 4 rings (SSSR count). The van der Waals surface area contributed by atoms with Crippen molar-refractivity contribution < 1.29 is 0 Å². The quantitative estimate of drug-likeness (QED) is 0.424. The van der Waals surface area contributed by atoms with Crippen molar-refractivity contribution in [2.75, 3.05) is 0 Å². The first-order chi connectivity index (χ1) is 4.43. The minimum atomic E-state index is 0.791. The molecule has 0 radical (unpaired) electrons. The van der Waals surface area contributed by atoms with Gasteiger partial charge in [0.2, 0.25) is 0 Å². The molecule has 0 heteroatoms. The molecule has 1 spiro atoms. The van der Waals surface area contributed by atoms with Crippen molar-refractivity contribution >= 4 is 0 Å². The first-order valence-electron chi connectivity index (χ1n) is 3.85. The van der Waals surface area contributed by atoms with Crippen LogP contribution in [-0.2, 0) is 0 Å². The zero-order chi connectivity index (χ0) is 5.64. The third-order valence-corrected chi connectivity index (χ3v) is 3.70. The molecule has 0 aromatic rings. The topological polar surface area (TPSA) is 0 Å². The number of hydrogen-bond acceptors (Lipinski definition) is 0. The van der Waals surface area contributed by atoms with E-state index in [9.17, 15) is 0 Å².